The average molecular weight is 262 g/mol. The summed E-state index contributed by atoms with van der Waals surface area (Å²) in [7, 11) is 0. The van der Waals surface area contributed by atoms with E-state index in [0.717, 1.165) is 12.1 Å². The first-order valence-corrected chi connectivity index (χ1v) is 5.93. The van der Waals surface area contributed by atoms with Gasteiger partial charge >= 0.3 is 0 Å². The van der Waals surface area contributed by atoms with Crippen molar-refractivity contribution in [3.8, 4) is 0 Å². The summed E-state index contributed by atoms with van der Waals surface area (Å²) in [6.45, 7) is 1.90. The maximum Gasteiger partial charge on any atom is 0.254 e. The Morgan fingerprint density at radius 2 is 2.18 bits per heavy atom. The van der Waals surface area contributed by atoms with E-state index in [9.17, 15) is 13.6 Å². The van der Waals surface area contributed by atoms with Crippen molar-refractivity contribution in [1.82, 2.24) is 5.32 Å². The molecule has 0 fully saturated rings. The molecule has 1 aromatic carbocycles. The van der Waals surface area contributed by atoms with E-state index in [-0.39, 0.29) is 11.6 Å². The lowest BCUT2D eigenvalue weighted by molar-refractivity contribution is 0.0931. The van der Waals surface area contributed by atoms with Gasteiger partial charge in [-0.05, 0) is 25.0 Å². The van der Waals surface area contributed by atoms with Crippen molar-refractivity contribution in [3.05, 3.63) is 35.4 Å². The van der Waals surface area contributed by atoms with Crippen LogP contribution >= 0.6 is 11.6 Å². The minimum Gasteiger partial charge on any atom is -0.349 e. The van der Waals surface area contributed by atoms with Crippen molar-refractivity contribution in [2.24, 2.45) is 0 Å². The van der Waals surface area contributed by atoms with Crippen LogP contribution < -0.4 is 5.32 Å². The first-order chi connectivity index (χ1) is 8.08. The molecule has 0 aliphatic heterocycles. The Balaban J connectivity index is 2.75. The number of hydrogen-bond acceptors (Lipinski definition) is 1. The molecule has 1 N–H and O–H groups in total. The van der Waals surface area contributed by atoms with Crippen molar-refractivity contribution < 1.29 is 13.6 Å². The zero-order valence-corrected chi connectivity index (χ0v) is 10.2. The summed E-state index contributed by atoms with van der Waals surface area (Å²) >= 11 is 5.58. The minimum atomic E-state index is -0.858. The number of hydrogen-bond donors (Lipinski definition) is 1. The van der Waals surface area contributed by atoms with Crippen LogP contribution in [0, 0.1) is 11.6 Å². The van der Waals surface area contributed by atoms with Crippen molar-refractivity contribution >= 4 is 17.5 Å². The second kappa shape index (κ2) is 6.55. The van der Waals surface area contributed by atoms with Crippen LogP contribution in [-0.2, 0) is 0 Å². The molecule has 0 aliphatic carbocycles. The zero-order chi connectivity index (χ0) is 12.8. The number of rotatable bonds is 5. The standard InChI is InChI=1S/C12H14ClF2NO/c1-2-9(5-6-13)16-12(17)10-4-3-8(14)7-11(10)15/h3-4,7,9H,2,5-6H2,1H3,(H,16,17). The van der Waals surface area contributed by atoms with Gasteiger partial charge in [-0.25, -0.2) is 8.78 Å². The molecule has 1 atom stereocenters. The second-order valence-electron chi connectivity index (χ2n) is 3.68. The highest BCUT2D eigenvalue weighted by atomic mass is 35.5. The summed E-state index contributed by atoms with van der Waals surface area (Å²) in [5.41, 5.74) is -0.153. The van der Waals surface area contributed by atoms with Gasteiger partial charge in [-0.2, -0.15) is 0 Å². The third-order valence-electron chi connectivity index (χ3n) is 2.46. The Kier molecular flexibility index (Phi) is 5.35. The van der Waals surface area contributed by atoms with Crippen LogP contribution in [0.4, 0.5) is 8.78 Å². The molecule has 0 saturated heterocycles. The third-order valence-corrected chi connectivity index (χ3v) is 2.68. The van der Waals surface area contributed by atoms with Gasteiger partial charge in [0.15, 0.2) is 0 Å². The fourth-order valence-corrected chi connectivity index (χ4v) is 1.71. The summed E-state index contributed by atoms with van der Waals surface area (Å²) in [4.78, 5) is 11.7. The lowest BCUT2D eigenvalue weighted by Crippen LogP contribution is -2.35. The Labute approximate surface area is 104 Å². The van der Waals surface area contributed by atoms with E-state index in [4.69, 9.17) is 11.6 Å². The van der Waals surface area contributed by atoms with Gasteiger partial charge in [0.1, 0.15) is 11.6 Å². The maximum atomic E-state index is 13.3. The first kappa shape index (κ1) is 13.9. The van der Waals surface area contributed by atoms with Gasteiger partial charge in [-0.1, -0.05) is 6.92 Å². The highest BCUT2D eigenvalue weighted by molar-refractivity contribution is 6.17. The van der Waals surface area contributed by atoms with Crippen LogP contribution in [0.1, 0.15) is 30.1 Å². The van der Waals surface area contributed by atoms with E-state index in [1.54, 1.807) is 0 Å². The summed E-state index contributed by atoms with van der Waals surface area (Å²) in [6.07, 6.45) is 1.33. The molecular weight excluding hydrogens is 248 g/mol. The number of carbonyl (C=O) groups is 1. The number of nitrogens with one attached hydrogen (secondary N) is 1. The molecule has 1 unspecified atom stereocenters. The molecule has 0 aromatic heterocycles. The predicted molar refractivity (Wildman–Crippen MR) is 63.2 cm³/mol. The SMILES string of the molecule is CCC(CCCl)NC(=O)c1ccc(F)cc1F. The number of benzene rings is 1. The van der Waals surface area contributed by atoms with E-state index in [0.29, 0.717) is 24.8 Å². The number of amides is 1. The van der Waals surface area contributed by atoms with Crippen LogP contribution in [0.3, 0.4) is 0 Å². The van der Waals surface area contributed by atoms with E-state index in [1.165, 1.54) is 0 Å². The highest BCUT2D eigenvalue weighted by Crippen LogP contribution is 2.10. The van der Waals surface area contributed by atoms with Gasteiger partial charge in [-0.3, -0.25) is 4.79 Å². The van der Waals surface area contributed by atoms with Gasteiger partial charge in [0.05, 0.1) is 5.56 Å². The van der Waals surface area contributed by atoms with Gasteiger partial charge in [0, 0.05) is 18.0 Å². The van der Waals surface area contributed by atoms with Gasteiger partial charge < -0.3 is 5.32 Å². The predicted octanol–water partition coefficient (Wildman–Crippen LogP) is 3.10. The number of alkyl halides is 1. The normalized spacial score (nSPS) is 12.2. The summed E-state index contributed by atoms with van der Waals surface area (Å²) in [5, 5.41) is 2.66. The van der Waals surface area contributed by atoms with E-state index < -0.39 is 17.5 Å². The zero-order valence-electron chi connectivity index (χ0n) is 9.47. The Morgan fingerprint density at radius 3 is 2.71 bits per heavy atom. The molecule has 0 spiro atoms. The summed E-state index contributed by atoms with van der Waals surface area (Å²) in [6, 6.07) is 2.79. The van der Waals surface area contributed by atoms with Crippen LogP contribution in [0.2, 0.25) is 0 Å². The second-order valence-corrected chi connectivity index (χ2v) is 4.06. The molecule has 94 valence electrons. The van der Waals surface area contributed by atoms with E-state index in [1.807, 2.05) is 6.92 Å². The summed E-state index contributed by atoms with van der Waals surface area (Å²) in [5.74, 6) is -1.68. The smallest absolute Gasteiger partial charge is 0.254 e. The maximum absolute atomic E-state index is 13.3. The van der Waals surface area contributed by atoms with Crippen molar-refractivity contribution in [2.75, 3.05) is 5.88 Å². The molecule has 0 saturated carbocycles. The van der Waals surface area contributed by atoms with Crippen LogP contribution in [0.25, 0.3) is 0 Å². The molecular formula is C12H14ClF2NO. The quantitative estimate of drug-likeness (QED) is 0.811. The lowest BCUT2D eigenvalue weighted by Gasteiger charge is -2.15. The number of halogens is 3. The molecule has 1 aromatic rings. The molecule has 0 heterocycles. The lowest BCUT2D eigenvalue weighted by atomic mass is 10.1. The Hall–Kier alpha value is -1.16. The molecule has 1 amide bonds. The Morgan fingerprint density at radius 1 is 1.47 bits per heavy atom. The molecule has 2 nitrogen and oxygen atoms in total. The van der Waals surface area contributed by atoms with E-state index >= 15 is 0 Å². The van der Waals surface area contributed by atoms with Crippen molar-refractivity contribution in [3.63, 3.8) is 0 Å². The molecule has 0 radical (unpaired) electrons. The third kappa shape index (κ3) is 3.97. The van der Waals surface area contributed by atoms with Crippen molar-refractivity contribution in [2.45, 2.75) is 25.8 Å². The number of carbonyl (C=O) groups excluding carboxylic acids is 1. The monoisotopic (exact) mass is 261 g/mol. The first-order valence-electron chi connectivity index (χ1n) is 5.40. The highest BCUT2D eigenvalue weighted by Gasteiger charge is 2.15. The molecule has 17 heavy (non-hydrogen) atoms. The van der Waals surface area contributed by atoms with Gasteiger partial charge in [-0.15, -0.1) is 11.6 Å². The fourth-order valence-electron chi connectivity index (χ4n) is 1.45. The Bertz CT molecular complexity index is 398. The van der Waals surface area contributed by atoms with Crippen molar-refractivity contribution in [1.29, 1.82) is 0 Å². The van der Waals surface area contributed by atoms with Crippen LogP contribution in [0.15, 0.2) is 18.2 Å². The average Bonchev–Trinajstić information content (AvgIpc) is 2.28. The topological polar surface area (TPSA) is 29.1 Å². The minimum absolute atomic E-state index is 0.0931. The van der Waals surface area contributed by atoms with Gasteiger partial charge in [0.25, 0.3) is 5.91 Å². The molecule has 5 heteroatoms. The molecule has 0 bridgehead atoms. The van der Waals surface area contributed by atoms with Crippen LogP contribution in [-0.4, -0.2) is 17.8 Å². The van der Waals surface area contributed by atoms with E-state index in [2.05, 4.69) is 5.32 Å². The largest absolute Gasteiger partial charge is 0.349 e. The van der Waals surface area contributed by atoms with Gasteiger partial charge in [0.2, 0.25) is 0 Å². The van der Waals surface area contributed by atoms with Crippen LogP contribution in [0.5, 0.6) is 0 Å². The molecule has 1 rings (SSSR count). The fraction of sp³-hybridized carbons (Fsp3) is 0.417. The summed E-state index contributed by atoms with van der Waals surface area (Å²) < 4.78 is 26.0. The molecule has 0 aliphatic rings.